The Labute approximate surface area is 382 Å². The summed E-state index contributed by atoms with van der Waals surface area (Å²) in [4.78, 5) is 35.3. The van der Waals surface area contributed by atoms with Gasteiger partial charge < -0.3 is 18.9 Å². The Balaban J connectivity index is 4.29. The van der Waals surface area contributed by atoms with Crippen LogP contribution in [0.15, 0.2) is 36.5 Å². The number of hydrogen-bond acceptors (Lipinski definition) is 7. The third-order valence-corrected chi connectivity index (χ3v) is 12.2. The molecule has 1 N–H and O–H groups in total. The number of likely N-dealkylation sites (N-methyl/N-ethyl adjacent to an activating group) is 1. The topological polar surface area (TPSA) is 108 Å². The number of quaternary nitrogens is 1. The summed E-state index contributed by atoms with van der Waals surface area (Å²) < 4.78 is 34.2. The summed E-state index contributed by atoms with van der Waals surface area (Å²) in [6.45, 7) is 4.30. The molecule has 0 amide bonds. The van der Waals surface area contributed by atoms with E-state index in [4.69, 9.17) is 18.5 Å². The largest absolute Gasteiger partial charge is 0.472 e. The van der Waals surface area contributed by atoms with Crippen molar-refractivity contribution in [3.63, 3.8) is 0 Å². The van der Waals surface area contributed by atoms with Crippen molar-refractivity contribution in [2.45, 2.75) is 238 Å². The molecule has 0 radical (unpaired) electrons. The van der Waals surface area contributed by atoms with Crippen molar-refractivity contribution in [2.75, 3.05) is 47.5 Å². The maximum Gasteiger partial charge on any atom is 0.472 e. The molecular weight excluding hydrogens is 798 g/mol. The van der Waals surface area contributed by atoms with E-state index in [0.29, 0.717) is 17.4 Å². The molecule has 0 aliphatic carbocycles. The van der Waals surface area contributed by atoms with E-state index < -0.39 is 32.5 Å². The van der Waals surface area contributed by atoms with Crippen LogP contribution in [0.4, 0.5) is 0 Å². The Kier molecular flexibility index (Phi) is 43.2. The van der Waals surface area contributed by atoms with Crippen LogP contribution in [0.25, 0.3) is 0 Å². The van der Waals surface area contributed by atoms with Crippen molar-refractivity contribution < 1.29 is 42.1 Å². The molecule has 0 saturated heterocycles. The lowest BCUT2D eigenvalue weighted by Crippen LogP contribution is -2.37. The number of hydrogen-bond donors (Lipinski definition) is 1. The van der Waals surface area contributed by atoms with Crippen LogP contribution < -0.4 is 0 Å². The lowest BCUT2D eigenvalue weighted by Gasteiger charge is -2.24. The zero-order chi connectivity index (χ0) is 45.7. The standard InChI is InChI=1S/C52H98NO8P/c1-6-8-10-12-14-16-18-20-22-23-24-25-26-27-28-29-31-32-34-36-38-40-42-44-51(54)58-48-50(49-60-62(56,57)59-47-46-53(3,4)5)61-52(55)45-43-41-39-37-35-33-30-21-19-17-15-13-11-9-7-2/h36,38-39,41,43,45,50H,6-35,37,40,42,44,46-49H2,1-5H3/p+1/b38-36+,41-39+,45-43+/t50-/m0/s1. The highest BCUT2D eigenvalue weighted by atomic mass is 31.2. The van der Waals surface area contributed by atoms with Gasteiger partial charge in [0, 0.05) is 12.5 Å². The van der Waals surface area contributed by atoms with Crippen LogP contribution in [0.1, 0.15) is 232 Å². The average molecular weight is 897 g/mol. The highest BCUT2D eigenvalue weighted by molar-refractivity contribution is 7.47. The quantitative estimate of drug-likeness (QED) is 0.0122. The first-order chi connectivity index (χ1) is 30.0. The summed E-state index contributed by atoms with van der Waals surface area (Å²) >= 11 is 0. The maximum atomic E-state index is 12.6. The number of carbonyl (C=O) groups is 2. The monoisotopic (exact) mass is 897 g/mol. The molecule has 9 nitrogen and oxygen atoms in total. The molecule has 0 aliphatic rings. The fourth-order valence-electron chi connectivity index (χ4n) is 7.22. The van der Waals surface area contributed by atoms with E-state index in [1.807, 2.05) is 33.3 Å². The summed E-state index contributed by atoms with van der Waals surface area (Å²) in [6, 6.07) is 0. The number of unbranched alkanes of at least 4 members (excludes halogenated alkanes) is 30. The van der Waals surface area contributed by atoms with E-state index in [-0.39, 0.29) is 19.6 Å². The van der Waals surface area contributed by atoms with E-state index in [1.54, 1.807) is 6.08 Å². The van der Waals surface area contributed by atoms with Crippen LogP contribution in [0, 0.1) is 0 Å². The molecule has 1 unspecified atom stereocenters. The van der Waals surface area contributed by atoms with Gasteiger partial charge in [-0.15, -0.1) is 0 Å². The molecule has 0 bridgehead atoms. The van der Waals surface area contributed by atoms with Crippen LogP contribution in [-0.2, 0) is 32.7 Å². The molecule has 0 fully saturated rings. The van der Waals surface area contributed by atoms with Gasteiger partial charge >= 0.3 is 19.8 Å². The molecule has 62 heavy (non-hydrogen) atoms. The fourth-order valence-corrected chi connectivity index (χ4v) is 7.96. The van der Waals surface area contributed by atoms with Crippen LogP contribution in [0.2, 0.25) is 0 Å². The van der Waals surface area contributed by atoms with Crippen molar-refractivity contribution in [3.05, 3.63) is 36.5 Å². The summed E-state index contributed by atoms with van der Waals surface area (Å²) in [7, 11) is 1.42. The zero-order valence-electron chi connectivity index (χ0n) is 41.1. The molecule has 2 atom stereocenters. The smallest absolute Gasteiger partial charge is 0.462 e. The van der Waals surface area contributed by atoms with Gasteiger partial charge in [-0.05, 0) is 38.5 Å². The van der Waals surface area contributed by atoms with Crippen molar-refractivity contribution in [3.8, 4) is 0 Å². The van der Waals surface area contributed by atoms with Gasteiger partial charge in [0.2, 0.25) is 0 Å². The SMILES string of the molecule is CCCCCCCCCCCCC/C=C/C=C/C(=O)O[C@@H](COC(=O)CCC/C=C/CCCCCCCCCCCCCCCCCCCC)COP(=O)(O)OCC[N+](C)(C)C. The van der Waals surface area contributed by atoms with Gasteiger partial charge in [0.25, 0.3) is 0 Å². The number of allylic oxidation sites excluding steroid dienone is 5. The minimum Gasteiger partial charge on any atom is -0.462 e. The predicted molar refractivity (Wildman–Crippen MR) is 261 cm³/mol. The molecule has 0 rings (SSSR count). The molecule has 0 heterocycles. The Bertz CT molecular complexity index is 1150. The lowest BCUT2D eigenvalue weighted by molar-refractivity contribution is -0.870. The van der Waals surface area contributed by atoms with E-state index in [0.717, 1.165) is 25.7 Å². The Morgan fingerprint density at radius 1 is 0.532 bits per heavy atom. The van der Waals surface area contributed by atoms with Crippen LogP contribution in [-0.4, -0.2) is 74.9 Å². The van der Waals surface area contributed by atoms with Crippen LogP contribution in [0.3, 0.4) is 0 Å². The first-order valence-corrected chi connectivity index (χ1v) is 27.3. The average Bonchev–Trinajstić information content (AvgIpc) is 3.23. The normalized spacial score (nSPS) is 13.7. The number of carbonyl (C=O) groups excluding carboxylic acids is 2. The first kappa shape index (κ1) is 60.2. The number of esters is 2. The minimum atomic E-state index is -4.41. The van der Waals surface area contributed by atoms with Crippen molar-refractivity contribution >= 4 is 19.8 Å². The van der Waals surface area contributed by atoms with Crippen molar-refractivity contribution in [1.82, 2.24) is 0 Å². The minimum absolute atomic E-state index is 0.0129. The summed E-state index contributed by atoms with van der Waals surface area (Å²) in [5.41, 5.74) is 0. The molecule has 0 aromatic heterocycles. The van der Waals surface area contributed by atoms with Gasteiger partial charge in [-0.25, -0.2) is 9.36 Å². The number of nitrogens with zero attached hydrogens (tertiary/aromatic N) is 1. The predicted octanol–water partition coefficient (Wildman–Crippen LogP) is 15.3. The molecular formula is C52H99NO8P+. The fraction of sp³-hybridized carbons (Fsp3) is 0.846. The molecule has 0 aromatic carbocycles. The van der Waals surface area contributed by atoms with Gasteiger partial charge in [0.15, 0.2) is 6.10 Å². The van der Waals surface area contributed by atoms with Gasteiger partial charge in [-0.2, -0.15) is 0 Å². The first-order valence-electron chi connectivity index (χ1n) is 25.8. The number of rotatable bonds is 47. The second-order valence-corrected chi connectivity index (χ2v) is 20.1. The van der Waals surface area contributed by atoms with Crippen molar-refractivity contribution in [1.29, 1.82) is 0 Å². The third-order valence-electron chi connectivity index (χ3n) is 11.2. The number of phosphoric ester groups is 1. The molecule has 0 aromatic rings. The second-order valence-electron chi connectivity index (χ2n) is 18.6. The molecule has 0 aliphatic heterocycles. The zero-order valence-corrected chi connectivity index (χ0v) is 42.0. The highest BCUT2D eigenvalue weighted by Crippen LogP contribution is 2.43. The van der Waals surface area contributed by atoms with E-state index in [2.05, 4.69) is 26.0 Å². The van der Waals surface area contributed by atoms with Gasteiger partial charge in [0.05, 0.1) is 27.7 Å². The Hall–Kier alpha value is -1.77. The summed E-state index contributed by atoms with van der Waals surface area (Å²) in [6.07, 6.45) is 52.8. The second kappa shape index (κ2) is 44.4. The van der Waals surface area contributed by atoms with Gasteiger partial charge in [-0.1, -0.05) is 218 Å². The lowest BCUT2D eigenvalue weighted by atomic mass is 10.0. The molecule has 0 saturated carbocycles. The highest BCUT2D eigenvalue weighted by Gasteiger charge is 2.26. The summed E-state index contributed by atoms with van der Waals surface area (Å²) in [5.74, 6) is -1.08. The maximum absolute atomic E-state index is 12.6. The molecule has 0 spiro atoms. The van der Waals surface area contributed by atoms with Crippen LogP contribution >= 0.6 is 7.82 Å². The van der Waals surface area contributed by atoms with Gasteiger partial charge in [0.1, 0.15) is 19.8 Å². The third kappa shape index (κ3) is 47.7. The van der Waals surface area contributed by atoms with Crippen LogP contribution in [0.5, 0.6) is 0 Å². The Morgan fingerprint density at radius 2 is 0.935 bits per heavy atom. The van der Waals surface area contributed by atoms with E-state index >= 15 is 0 Å². The number of ether oxygens (including phenoxy) is 2. The van der Waals surface area contributed by atoms with E-state index in [9.17, 15) is 19.0 Å². The molecule has 364 valence electrons. The van der Waals surface area contributed by atoms with Gasteiger partial charge in [-0.3, -0.25) is 13.8 Å². The Morgan fingerprint density at radius 3 is 1.37 bits per heavy atom. The number of phosphoric acid groups is 1. The van der Waals surface area contributed by atoms with E-state index in [1.165, 1.54) is 186 Å². The van der Waals surface area contributed by atoms with Crippen molar-refractivity contribution in [2.24, 2.45) is 0 Å². The summed E-state index contributed by atoms with van der Waals surface area (Å²) in [5, 5.41) is 0. The molecule has 10 heteroatoms.